The maximum atomic E-state index is 6.41. The summed E-state index contributed by atoms with van der Waals surface area (Å²) >= 11 is 7.65. The van der Waals surface area contributed by atoms with E-state index in [1.807, 2.05) is 6.92 Å². The number of nitrogens with zero attached hydrogens (tertiary/aromatic N) is 5. The summed E-state index contributed by atoms with van der Waals surface area (Å²) in [5.74, 6) is 0.656. The fourth-order valence-corrected chi connectivity index (χ4v) is 4.28. The largest absolute Gasteiger partial charge is 0.296 e. The maximum absolute atomic E-state index is 6.41. The summed E-state index contributed by atoms with van der Waals surface area (Å²) in [6.07, 6.45) is 0. The molecule has 0 bridgehead atoms. The van der Waals surface area contributed by atoms with Crippen molar-refractivity contribution in [3.8, 4) is 5.69 Å². The average Bonchev–Trinajstić information content (AvgIpc) is 3.07. The van der Waals surface area contributed by atoms with Crippen LogP contribution < -0.4 is 0 Å². The molecule has 0 spiro atoms. The second-order valence-corrected chi connectivity index (χ2v) is 7.01. The summed E-state index contributed by atoms with van der Waals surface area (Å²) < 4.78 is 11.2. The molecular weight excluding hydrogens is 342 g/mol. The van der Waals surface area contributed by atoms with Crippen molar-refractivity contribution >= 4 is 45.4 Å². The van der Waals surface area contributed by atoms with Crippen molar-refractivity contribution in [3.63, 3.8) is 0 Å². The van der Waals surface area contributed by atoms with Gasteiger partial charge in [-0.3, -0.25) is 4.57 Å². The lowest BCUT2D eigenvalue weighted by Gasteiger charge is -2.13. The van der Waals surface area contributed by atoms with Gasteiger partial charge in [0.25, 0.3) is 0 Å². The van der Waals surface area contributed by atoms with Gasteiger partial charge in [0.15, 0.2) is 0 Å². The molecule has 5 nitrogen and oxygen atoms in total. The second-order valence-electron chi connectivity index (χ2n) is 6.13. The van der Waals surface area contributed by atoms with Crippen molar-refractivity contribution in [3.05, 3.63) is 39.4 Å². The van der Waals surface area contributed by atoms with Crippen LogP contribution in [0.15, 0.2) is 6.07 Å². The van der Waals surface area contributed by atoms with Gasteiger partial charge in [0.2, 0.25) is 0 Å². The van der Waals surface area contributed by atoms with E-state index >= 15 is 0 Å². The van der Waals surface area contributed by atoms with E-state index in [1.54, 1.807) is 0 Å². The zero-order valence-corrected chi connectivity index (χ0v) is 15.7. The molecule has 24 heavy (non-hydrogen) atoms. The fraction of sp³-hybridized carbons (Fsp3) is 0.294. The van der Waals surface area contributed by atoms with E-state index in [-0.39, 0.29) is 0 Å². The van der Waals surface area contributed by atoms with Crippen molar-refractivity contribution in [2.75, 3.05) is 0 Å². The Morgan fingerprint density at radius 1 is 0.958 bits per heavy atom. The molecule has 4 aromatic rings. The molecule has 0 saturated heterocycles. The van der Waals surface area contributed by atoms with Crippen LogP contribution >= 0.6 is 23.3 Å². The molecule has 0 radical (unpaired) electrons. The number of aryl methyl sites for hydroxylation is 4. The van der Waals surface area contributed by atoms with Crippen molar-refractivity contribution in [1.82, 2.24) is 23.3 Å². The minimum absolute atomic E-state index is 0.495. The van der Waals surface area contributed by atoms with Crippen molar-refractivity contribution < 1.29 is 0 Å². The van der Waals surface area contributed by atoms with Gasteiger partial charge in [-0.05, 0) is 51.3 Å². The molecular formula is C17H16ClN5S. The zero-order valence-electron chi connectivity index (χ0n) is 14.1. The van der Waals surface area contributed by atoms with Crippen LogP contribution in [-0.2, 0) is 0 Å². The number of hydrogen-bond donors (Lipinski definition) is 0. The van der Waals surface area contributed by atoms with Gasteiger partial charge in [0.05, 0.1) is 22.8 Å². The molecule has 0 aliphatic carbocycles. The molecule has 0 aliphatic heterocycles. The quantitative estimate of drug-likeness (QED) is 0.466. The average molecular weight is 358 g/mol. The second kappa shape index (κ2) is 5.22. The fourth-order valence-electron chi connectivity index (χ4n) is 3.32. The molecule has 1 aromatic carbocycles. The highest BCUT2D eigenvalue weighted by Crippen LogP contribution is 2.35. The van der Waals surface area contributed by atoms with Crippen LogP contribution in [0.5, 0.6) is 0 Å². The summed E-state index contributed by atoms with van der Waals surface area (Å²) in [7, 11) is 0. The molecule has 4 rings (SSSR count). The molecule has 0 saturated carbocycles. The van der Waals surface area contributed by atoms with E-state index in [9.17, 15) is 0 Å². The van der Waals surface area contributed by atoms with E-state index in [4.69, 9.17) is 11.6 Å². The van der Waals surface area contributed by atoms with E-state index in [1.165, 1.54) is 11.7 Å². The Morgan fingerprint density at radius 2 is 1.67 bits per heavy atom. The third-order valence-corrected chi connectivity index (χ3v) is 5.34. The molecule has 0 aliphatic rings. The Kier molecular flexibility index (Phi) is 3.37. The van der Waals surface area contributed by atoms with E-state index in [2.05, 4.69) is 57.0 Å². The topological polar surface area (TPSA) is 56.5 Å². The SMILES string of the molecule is Cc1nc(Cl)c2c(C)c(C)n(-c3c(C)cc(C)c4nsnc34)c2n1. The first kappa shape index (κ1) is 15.5. The Morgan fingerprint density at radius 3 is 2.42 bits per heavy atom. The number of hydrogen-bond acceptors (Lipinski definition) is 5. The molecule has 0 unspecified atom stereocenters. The predicted octanol–water partition coefficient (Wildman–Crippen LogP) is 4.62. The standard InChI is InChI=1S/C17H16ClN5S/c1-7-6-8(2)15(14-13(7)21-24-22-14)23-10(4)9(3)12-16(18)19-11(5)20-17(12)23/h6H,1-5H3. The van der Waals surface area contributed by atoms with Gasteiger partial charge in [0.1, 0.15) is 27.7 Å². The predicted molar refractivity (Wildman–Crippen MR) is 98.5 cm³/mol. The van der Waals surface area contributed by atoms with Crippen molar-refractivity contribution in [2.45, 2.75) is 34.6 Å². The normalized spacial score (nSPS) is 11.8. The van der Waals surface area contributed by atoms with Gasteiger partial charge in [0, 0.05) is 5.69 Å². The first-order valence-corrected chi connectivity index (χ1v) is 8.75. The van der Waals surface area contributed by atoms with Crippen LogP contribution in [0.1, 0.15) is 28.2 Å². The van der Waals surface area contributed by atoms with Gasteiger partial charge in [-0.2, -0.15) is 8.75 Å². The van der Waals surface area contributed by atoms with Gasteiger partial charge in [-0.1, -0.05) is 17.7 Å². The number of aromatic nitrogens is 5. The third kappa shape index (κ3) is 1.99. The first-order chi connectivity index (χ1) is 11.4. The molecule has 0 fully saturated rings. The third-order valence-electron chi connectivity index (χ3n) is 4.54. The van der Waals surface area contributed by atoms with Crippen molar-refractivity contribution in [1.29, 1.82) is 0 Å². The first-order valence-electron chi connectivity index (χ1n) is 7.64. The highest BCUT2D eigenvalue weighted by atomic mass is 35.5. The van der Waals surface area contributed by atoms with E-state index in [0.29, 0.717) is 11.0 Å². The van der Waals surface area contributed by atoms with E-state index < -0.39 is 0 Å². The Balaban J connectivity index is 2.24. The molecule has 0 N–H and O–H groups in total. The summed E-state index contributed by atoms with van der Waals surface area (Å²) in [6.45, 7) is 10.1. The highest BCUT2D eigenvalue weighted by Gasteiger charge is 2.22. The summed E-state index contributed by atoms with van der Waals surface area (Å²) in [6, 6.07) is 2.15. The van der Waals surface area contributed by atoms with Gasteiger partial charge in [-0.25, -0.2) is 9.97 Å². The van der Waals surface area contributed by atoms with Crippen LogP contribution in [0.2, 0.25) is 5.15 Å². The summed E-state index contributed by atoms with van der Waals surface area (Å²) in [5.41, 5.74) is 8.15. The number of benzene rings is 1. The monoisotopic (exact) mass is 357 g/mol. The lowest BCUT2D eigenvalue weighted by atomic mass is 10.1. The van der Waals surface area contributed by atoms with E-state index in [0.717, 1.165) is 50.1 Å². The van der Waals surface area contributed by atoms with Gasteiger partial charge in [-0.15, -0.1) is 0 Å². The molecule has 7 heteroatoms. The molecule has 3 aromatic heterocycles. The smallest absolute Gasteiger partial charge is 0.150 e. The van der Waals surface area contributed by atoms with Crippen LogP contribution in [-0.4, -0.2) is 23.3 Å². The summed E-state index contributed by atoms with van der Waals surface area (Å²) in [4.78, 5) is 8.99. The summed E-state index contributed by atoms with van der Waals surface area (Å²) in [5, 5.41) is 1.39. The zero-order chi connectivity index (χ0) is 17.2. The lowest BCUT2D eigenvalue weighted by Crippen LogP contribution is -2.03. The Labute approximate surface area is 148 Å². The minimum atomic E-state index is 0.495. The van der Waals surface area contributed by atoms with Gasteiger partial charge < -0.3 is 0 Å². The van der Waals surface area contributed by atoms with Crippen LogP contribution in [0, 0.1) is 34.6 Å². The highest BCUT2D eigenvalue weighted by molar-refractivity contribution is 7.00. The Hall–Kier alpha value is -2.05. The number of halogens is 1. The van der Waals surface area contributed by atoms with Crippen LogP contribution in [0.25, 0.3) is 27.8 Å². The van der Waals surface area contributed by atoms with Crippen LogP contribution in [0.4, 0.5) is 0 Å². The van der Waals surface area contributed by atoms with Crippen LogP contribution in [0.3, 0.4) is 0 Å². The Bertz CT molecular complexity index is 1130. The molecule has 122 valence electrons. The number of rotatable bonds is 1. The number of fused-ring (bicyclic) bond motifs is 2. The van der Waals surface area contributed by atoms with Crippen molar-refractivity contribution in [2.24, 2.45) is 0 Å². The molecule has 0 amide bonds. The molecule has 3 heterocycles. The maximum Gasteiger partial charge on any atom is 0.150 e. The minimum Gasteiger partial charge on any atom is -0.296 e. The van der Waals surface area contributed by atoms with Gasteiger partial charge >= 0.3 is 0 Å². The lowest BCUT2D eigenvalue weighted by molar-refractivity contribution is 0.989. The molecule has 0 atom stereocenters.